The van der Waals surface area contributed by atoms with Gasteiger partial charge in [-0.3, -0.25) is 4.79 Å². The maximum absolute atomic E-state index is 11.6. The van der Waals surface area contributed by atoms with E-state index in [4.69, 9.17) is 4.74 Å². The van der Waals surface area contributed by atoms with Crippen molar-refractivity contribution in [3.05, 3.63) is 0 Å². The summed E-state index contributed by atoms with van der Waals surface area (Å²) in [6.07, 6.45) is -2.40. The summed E-state index contributed by atoms with van der Waals surface area (Å²) in [5, 5.41) is 3.34. The zero-order chi connectivity index (χ0) is 12.2. The molecule has 0 rings (SSSR count). The van der Waals surface area contributed by atoms with Gasteiger partial charge in [-0.1, -0.05) is 15.9 Å². The van der Waals surface area contributed by atoms with Crippen LogP contribution in [0.4, 0.5) is 8.78 Å². The fourth-order valence-electron chi connectivity index (χ4n) is 0.845. The minimum absolute atomic E-state index is 0.0123. The van der Waals surface area contributed by atoms with Crippen LogP contribution in [0.3, 0.4) is 0 Å². The Bertz CT molecular complexity index is 184. The van der Waals surface area contributed by atoms with Crippen molar-refractivity contribution in [2.24, 2.45) is 0 Å². The summed E-state index contributed by atoms with van der Waals surface area (Å²) in [7, 11) is 0. The van der Waals surface area contributed by atoms with Gasteiger partial charge >= 0.3 is 0 Å². The zero-order valence-corrected chi connectivity index (χ0v) is 10.5. The van der Waals surface area contributed by atoms with Gasteiger partial charge in [0.05, 0.1) is 19.8 Å². The third kappa shape index (κ3) is 11.8. The highest BCUT2D eigenvalue weighted by molar-refractivity contribution is 9.09. The minimum Gasteiger partial charge on any atom is -0.379 e. The largest absolute Gasteiger partial charge is 0.379 e. The third-order valence-electron chi connectivity index (χ3n) is 1.51. The molecule has 0 aliphatic rings. The van der Waals surface area contributed by atoms with Crippen LogP contribution in [0.5, 0.6) is 0 Å². The SMILES string of the molecule is O=C(CCOCC(F)F)NCCOCCBr. The van der Waals surface area contributed by atoms with Crippen molar-refractivity contribution in [1.29, 1.82) is 0 Å². The Labute approximate surface area is 102 Å². The van der Waals surface area contributed by atoms with Crippen LogP contribution in [0.1, 0.15) is 6.42 Å². The topological polar surface area (TPSA) is 47.6 Å². The third-order valence-corrected chi connectivity index (χ3v) is 1.83. The van der Waals surface area contributed by atoms with Crippen molar-refractivity contribution in [3.63, 3.8) is 0 Å². The molecule has 7 heteroatoms. The van der Waals surface area contributed by atoms with Crippen LogP contribution in [0.15, 0.2) is 0 Å². The van der Waals surface area contributed by atoms with Gasteiger partial charge in [-0.2, -0.15) is 0 Å². The van der Waals surface area contributed by atoms with Crippen molar-refractivity contribution < 1.29 is 23.0 Å². The number of alkyl halides is 3. The van der Waals surface area contributed by atoms with E-state index in [2.05, 4.69) is 26.0 Å². The summed E-state index contributed by atoms with van der Waals surface area (Å²) in [4.78, 5) is 11.1. The van der Waals surface area contributed by atoms with Crippen LogP contribution in [0, 0.1) is 0 Å². The zero-order valence-electron chi connectivity index (χ0n) is 8.89. The number of rotatable bonds is 10. The average Bonchev–Trinajstić information content (AvgIpc) is 2.24. The summed E-state index contributed by atoms with van der Waals surface area (Å²) < 4.78 is 32.9. The first-order valence-corrected chi connectivity index (χ1v) is 6.05. The molecular formula is C9H16BrF2NO3. The van der Waals surface area contributed by atoms with E-state index in [1.807, 2.05) is 0 Å². The van der Waals surface area contributed by atoms with E-state index in [-0.39, 0.29) is 18.9 Å². The number of ether oxygens (including phenoxy) is 2. The van der Waals surface area contributed by atoms with Gasteiger partial charge in [-0.25, -0.2) is 8.78 Å². The molecule has 0 aromatic carbocycles. The molecule has 0 unspecified atom stereocenters. The van der Waals surface area contributed by atoms with Crippen LogP contribution in [0.2, 0.25) is 0 Å². The maximum Gasteiger partial charge on any atom is 0.261 e. The fraction of sp³-hybridized carbons (Fsp3) is 0.889. The molecule has 0 aliphatic carbocycles. The summed E-state index contributed by atoms with van der Waals surface area (Å²) in [5.74, 6) is -0.225. The molecule has 0 spiro atoms. The summed E-state index contributed by atoms with van der Waals surface area (Å²) in [6, 6.07) is 0. The predicted octanol–water partition coefficient (Wildman–Crippen LogP) is 1.19. The van der Waals surface area contributed by atoms with Gasteiger partial charge in [0, 0.05) is 18.3 Å². The van der Waals surface area contributed by atoms with E-state index < -0.39 is 13.0 Å². The first-order valence-electron chi connectivity index (χ1n) is 4.93. The molecule has 16 heavy (non-hydrogen) atoms. The van der Waals surface area contributed by atoms with Crippen LogP contribution in [-0.2, 0) is 14.3 Å². The lowest BCUT2D eigenvalue weighted by atomic mass is 10.4. The van der Waals surface area contributed by atoms with E-state index in [1.54, 1.807) is 0 Å². The molecule has 0 aliphatic heterocycles. The Hall–Kier alpha value is -0.270. The summed E-state index contributed by atoms with van der Waals surface area (Å²) in [6.45, 7) is 0.837. The highest BCUT2D eigenvalue weighted by Crippen LogP contribution is 1.93. The smallest absolute Gasteiger partial charge is 0.261 e. The van der Waals surface area contributed by atoms with Gasteiger partial charge in [0.1, 0.15) is 6.61 Å². The van der Waals surface area contributed by atoms with Gasteiger partial charge in [-0.05, 0) is 0 Å². The van der Waals surface area contributed by atoms with Crippen molar-refractivity contribution in [2.45, 2.75) is 12.8 Å². The number of hydrogen-bond donors (Lipinski definition) is 1. The lowest BCUT2D eigenvalue weighted by Gasteiger charge is -2.06. The van der Waals surface area contributed by atoms with Gasteiger partial charge in [-0.15, -0.1) is 0 Å². The van der Waals surface area contributed by atoms with Crippen LogP contribution < -0.4 is 5.32 Å². The number of nitrogens with one attached hydrogen (secondary N) is 1. The first kappa shape index (κ1) is 15.7. The summed E-state index contributed by atoms with van der Waals surface area (Å²) >= 11 is 3.19. The second kappa shape index (κ2) is 11.2. The highest BCUT2D eigenvalue weighted by atomic mass is 79.9. The van der Waals surface area contributed by atoms with Crippen molar-refractivity contribution in [2.75, 3.05) is 38.3 Å². The molecule has 0 radical (unpaired) electrons. The maximum atomic E-state index is 11.6. The van der Waals surface area contributed by atoms with Crippen LogP contribution in [0.25, 0.3) is 0 Å². The fourth-order valence-corrected chi connectivity index (χ4v) is 1.07. The minimum atomic E-state index is -2.49. The number of carbonyl (C=O) groups excluding carboxylic acids is 1. The quantitative estimate of drug-likeness (QED) is 0.487. The predicted molar refractivity (Wildman–Crippen MR) is 59.1 cm³/mol. The van der Waals surface area contributed by atoms with Crippen LogP contribution in [-0.4, -0.2) is 50.6 Å². The van der Waals surface area contributed by atoms with Crippen molar-refractivity contribution in [3.8, 4) is 0 Å². The molecular weight excluding hydrogens is 288 g/mol. The molecule has 0 bridgehead atoms. The molecule has 0 aromatic rings. The average molecular weight is 304 g/mol. The number of halogens is 3. The Balaban J connectivity index is 3.18. The van der Waals surface area contributed by atoms with E-state index in [1.165, 1.54) is 0 Å². The molecule has 4 nitrogen and oxygen atoms in total. The van der Waals surface area contributed by atoms with E-state index in [0.29, 0.717) is 19.8 Å². The molecule has 0 saturated carbocycles. The van der Waals surface area contributed by atoms with Gasteiger partial charge in [0.15, 0.2) is 0 Å². The number of carbonyl (C=O) groups is 1. The molecule has 0 atom stereocenters. The van der Waals surface area contributed by atoms with Gasteiger partial charge < -0.3 is 14.8 Å². The monoisotopic (exact) mass is 303 g/mol. The molecule has 0 fully saturated rings. The molecule has 1 amide bonds. The lowest BCUT2D eigenvalue weighted by Crippen LogP contribution is -2.28. The molecule has 96 valence electrons. The van der Waals surface area contributed by atoms with Gasteiger partial charge in [0.2, 0.25) is 5.91 Å². The Kier molecular flexibility index (Phi) is 11.0. The van der Waals surface area contributed by atoms with Crippen LogP contribution >= 0.6 is 15.9 Å². The Morgan fingerprint density at radius 1 is 1.25 bits per heavy atom. The van der Waals surface area contributed by atoms with Crippen molar-refractivity contribution >= 4 is 21.8 Å². The van der Waals surface area contributed by atoms with E-state index in [9.17, 15) is 13.6 Å². The normalized spacial score (nSPS) is 10.8. The first-order chi connectivity index (χ1) is 7.66. The standard InChI is InChI=1S/C9H16BrF2NO3/c10-2-5-15-6-3-13-9(14)1-4-16-7-8(11)12/h8H,1-7H2,(H,13,14). The van der Waals surface area contributed by atoms with E-state index >= 15 is 0 Å². The highest BCUT2D eigenvalue weighted by Gasteiger charge is 2.04. The number of amides is 1. The number of hydrogen-bond acceptors (Lipinski definition) is 3. The van der Waals surface area contributed by atoms with Crippen molar-refractivity contribution in [1.82, 2.24) is 5.32 Å². The summed E-state index contributed by atoms with van der Waals surface area (Å²) in [5.41, 5.74) is 0. The molecule has 0 aromatic heterocycles. The Morgan fingerprint density at radius 2 is 2.00 bits per heavy atom. The lowest BCUT2D eigenvalue weighted by molar-refractivity contribution is -0.122. The second-order valence-electron chi connectivity index (χ2n) is 2.87. The Morgan fingerprint density at radius 3 is 2.62 bits per heavy atom. The molecule has 1 N–H and O–H groups in total. The molecule has 0 heterocycles. The second-order valence-corrected chi connectivity index (χ2v) is 3.66. The molecule has 0 saturated heterocycles. The van der Waals surface area contributed by atoms with Gasteiger partial charge in [0.25, 0.3) is 6.43 Å². The van der Waals surface area contributed by atoms with E-state index in [0.717, 1.165) is 5.33 Å².